The summed E-state index contributed by atoms with van der Waals surface area (Å²) in [6.07, 6.45) is 5.89. The number of nitrogens with two attached hydrogens (primary N) is 1. The number of aromatic nitrogens is 1. The molecular weight excluding hydrogens is 616 g/mol. The lowest BCUT2D eigenvalue weighted by Gasteiger charge is -2.38. The van der Waals surface area contributed by atoms with Crippen LogP contribution in [0.1, 0.15) is 84.6 Å². The first-order valence-electron chi connectivity index (χ1n) is 17.2. The number of nitrogens with zero attached hydrogens (tertiary/aromatic N) is 1. The molecule has 268 valence electrons. The number of methoxy groups -OCH3 is 1. The molecule has 0 saturated heterocycles. The number of aliphatic hydroxyl groups is 2. The smallest absolute Gasteiger partial charge is 0.302 e. The SMILES string of the molecule is COCCC1CCC(CC(C)C)CC(C(CC(CCc2cc(OCCO)c(O)cc2-c2ccnc(N)c2)OC(C)=O)OC(C)=O)CC1O. The second-order valence-corrected chi connectivity index (χ2v) is 13.6. The fraction of sp³-hybridized carbons (Fsp3) is 0.649. The molecule has 3 rings (SSSR count). The highest BCUT2D eigenvalue weighted by molar-refractivity contribution is 5.72. The number of phenolic OH excluding ortho intramolecular Hbond substituents is 1. The molecule has 2 aromatic rings. The molecule has 48 heavy (non-hydrogen) atoms. The lowest BCUT2D eigenvalue weighted by Crippen LogP contribution is -2.38. The third-order valence-electron chi connectivity index (χ3n) is 9.20. The number of aliphatic hydroxyl groups excluding tert-OH is 2. The minimum absolute atomic E-state index is 0.00601. The van der Waals surface area contributed by atoms with E-state index in [1.165, 1.54) is 13.8 Å². The first-order valence-corrected chi connectivity index (χ1v) is 17.2. The fourth-order valence-corrected chi connectivity index (χ4v) is 7.14. The number of nitrogen functional groups attached to an aromatic ring is 1. The van der Waals surface area contributed by atoms with Crippen molar-refractivity contribution >= 4 is 17.8 Å². The van der Waals surface area contributed by atoms with Gasteiger partial charge in [-0.25, -0.2) is 4.98 Å². The summed E-state index contributed by atoms with van der Waals surface area (Å²) >= 11 is 0. The number of carbonyl (C=O) groups is 2. The topological polar surface area (TPSA) is 171 Å². The van der Waals surface area contributed by atoms with Crippen molar-refractivity contribution in [1.29, 1.82) is 0 Å². The van der Waals surface area contributed by atoms with E-state index in [-0.39, 0.29) is 43.0 Å². The molecule has 1 heterocycles. The summed E-state index contributed by atoms with van der Waals surface area (Å²) in [7, 11) is 1.67. The van der Waals surface area contributed by atoms with Gasteiger partial charge in [-0.3, -0.25) is 9.59 Å². The summed E-state index contributed by atoms with van der Waals surface area (Å²) in [5, 5.41) is 31.4. The molecule has 6 atom stereocenters. The quantitative estimate of drug-likeness (QED) is 0.157. The predicted octanol–water partition coefficient (Wildman–Crippen LogP) is 5.46. The minimum Gasteiger partial charge on any atom is -0.504 e. The number of hydrogen-bond donors (Lipinski definition) is 4. The number of pyridine rings is 1. The van der Waals surface area contributed by atoms with Gasteiger partial charge >= 0.3 is 11.9 Å². The number of aryl methyl sites for hydroxylation is 1. The number of ether oxygens (including phenoxy) is 4. The van der Waals surface area contributed by atoms with E-state index < -0.39 is 30.3 Å². The number of hydrogen-bond acceptors (Lipinski definition) is 11. The molecule has 1 aromatic carbocycles. The van der Waals surface area contributed by atoms with Crippen LogP contribution in [-0.4, -0.2) is 77.5 Å². The minimum atomic E-state index is -0.603. The summed E-state index contributed by atoms with van der Waals surface area (Å²) in [6, 6.07) is 6.80. The summed E-state index contributed by atoms with van der Waals surface area (Å²) in [6.45, 7) is 7.53. The van der Waals surface area contributed by atoms with E-state index in [1.54, 1.807) is 37.6 Å². The van der Waals surface area contributed by atoms with Crippen LogP contribution in [0.25, 0.3) is 11.1 Å². The Balaban J connectivity index is 1.93. The Kier molecular flexibility index (Phi) is 15.9. The third kappa shape index (κ3) is 12.6. The highest BCUT2D eigenvalue weighted by Crippen LogP contribution is 2.39. The van der Waals surface area contributed by atoms with Gasteiger partial charge in [0.15, 0.2) is 11.5 Å². The van der Waals surface area contributed by atoms with Crippen LogP contribution in [0.4, 0.5) is 5.82 Å². The van der Waals surface area contributed by atoms with E-state index in [9.17, 15) is 24.9 Å². The second kappa shape index (κ2) is 19.6. The summed E-state index contributed by atoms with van der Waals surface area (Å²) in [4.78, 5) is 28.9. The molecule has 1 saturated carbocycles. The van der Waals surface area contributed by atoms with Crippen LogP contribution in [0.15, 0.2) is 30.5 Å². The van der Waals surface area contributed by atoms with Crippen molar-refractivity contribution in [3.8, 4) is 22.6 Å². The first kappa shape index (κ1) is 39.0. The Morgan fingerprint density at radius 2 is 1.81 bits per heavy atom. The average Bonchev–Trinajstić information content (AvgIpc) is 3.01. The van der Waals surface area contributed by atoms with E-state index in [0.717, 1.165) is 43.2 Å². The van der Waals surface area contributed by atoms with Gasteiger partial charge in [0.25, 0.3) is 0 Å². The van der Waals surface area contributed by atoms with Gasteiger partial charge in [-0.1, -0.05) is 20.3 Å². The van der Waals surface area contributed by atoms with Crippen molar-refractivity contribution < 1.29 is 43.9 Å². The summed E-state index contributed by atoms with van der Waals surface area (Å²) in [5.41, 5.74) is 8.22. The van der Waals surface area contributed by atoms with E-state index in [2.05, 4.69) is 18.8 Å². The molecule has 0 spiro atoms. The largest absolute Gasteiger partial charge is 0.504 e. The van der Waals surface area contributed by atoms with Crippen molar-refractivity contribution in [2.24, 2.45) is 23.7 Å². The van der Waals surface area contributed by atoms with Gasteiger partial charge in [-0.15, -0.1) is 0 Å². The number of benzene rings is 1. The van der Waals surface area contributed by atoms with Crippen LogP contribution in [0.2, 0.25) is 0 Å². The van der Waals surface area contributed by atoms with Crippen LogP contribution in [0, 0.1) is 23.7 Å². The van der Waals surface area contributed by atoms with Crippen molar-refractivity contribution in [2.75, 3.05) is 32.7 Å². The highest BCUT2D eigenvalue weighted by atomic mass is 16.6. The van der Waals surface area contributed by atoms with Crippen molar-refractivity contribution in [3.05, 3.63) is 36.0 Å². The number of esters is 2. The maximum atomic E-state index is 12.5. The van der Waals surface area contributed by atoms with Gasteiger partial charge < -0.3 is 40.0 Å². The standard InChI is InChI=1S/C37H56N2O9/c1-23(2)16-26-6-7-27(11-14-45-5)33(43)18-30(17-26)35(48-25(4)42)21-31(47-24(3)41)9-8-28-19-36(46-15-13-40)34(44)22-32(28)29-10-12-39-37(38)20-29/h10,12,19-20,22-23,26-27,30-31,33,35,40,43-44H,6-9,11,13-18,21H2,1-5H3,(H2,38,39). The first-order chi connectivity index (χ1) is 22.9. The molecule has 6 unspecified atom stereocenters. The molecule has 11 heteroatoms. The molecule has 0 aliphatic heterocycles. The lowest BCUT2D eigenvalue weighted by atomic mass is 9.73. The normalized spacial score (nSPS) is 21.2. The Morgan fingerprint density at radius 3 is 2.46 bits per heavy atom. The molecular formula is C37H56N2O9. The predicted molar refractivity (Wildman–Crippen MR) is 183 cm³/mol. The average molecular weight is 673 g/mol. The molecule has 0 bridgehead atoms. The number of phenols is 1. The number of rotatable bonds is 17. The number of carbonyl (C=O) groups excluding carboxylic acids is 2. The Morgan fingerprint density at radius 1 is 1.06 bits per heavy atom. The number of aromatic hydroxyl groups is 1. The zero-order chi connectivity index (χ0) is 35.2. The van der Waals surface area contributed by atoms with Gasteiger partial charge in [-0.05, 0) is 110 Å². The zero-order valence-electron chi connectivity index (χ0n) is 29.2. The Labute approximate surface area is 285 Å². The summed E-state index contributed by atoms with van der Waals surface area (Å²) in [5.74, 6) is 0.443. The van der Waals surface area contributed by atoms with Crippen molar-refractivity contribution in [3.63, 3.8) is 0 Å². The van der Waals surface area contributed by atoms with Gasteiger partial charge in [-0.2, -0.15) is 0 Å². The van der Waals surface area contributed by atoms with Crippen LogP contribution in [-0.2, 0) is 30.2 Å². The van der Waals surface area contributed by atoms with Gasteiger partial charge in [0.2, 0.25) is 0 Å². The summed E-state index contributed by atoms with van der Waals surface area (Å²) < 4.78 is 22.8. The van der Waals surface area contributed by atoms with Crippen LogP contribution in [0.3, 0.4) is 0 Å². The van der Waals surface area contributed by atoms with Crippen LogP contribution >= 0.6 is 0 Å². The molecule has 11 nitrogen and oxygen atoms in total. The third-order valence-corrected chi connectivity index (χ3v) is 9.20. The maximum Gasteiger partial charge on any atom is 0.302 e. The van der Waals surface area contributed by atoms with Crippen LogP contribution in [0.5, 0.6) is 11.5 Å². The van der Waals surface area contributed by atoms with Gasteiger partial charge in [0.05, 0.1) is 12.7 Å². The van der Waals surface area contributed by atoms with E-state index in [4.69, 9.17) is 24.7 Å². The van der Waals surface area contributed by atoms with Gasteiger partial charge in [0.1, 0.15) is 24.6 Å². The molecule has 0 radical (unpaired) electrons. The fourth-order valence-electron chi connectivity index (χ4n) is 7.14. The second-order valence-electron chi connectivity index (χ2n) is 13.6. The Bertz CT molecular complexity index is 1300. The molecule has 1 fully saturated rings. The zero-order valence-corrected chi connectivity index (χ0v) is 29.2. The van der Waals surface area contributed by atoms with E-state index in [1.807, 2.05) is 0 Å². The van der Waals surface area contributed by atoms with E-state index >= 15 is 0 Å². The molecule has 1 aromatic heterocycles. The van der Waals surface area contributed by atoms with E-state index in [0.29, 0.717) is 49.1 Å². The van der Waals surface area contributed by atoms with Crippen molar-refractivity contribution in [1.82, 2.24) is 4.98 Å². The van der Waals surface area contributed by atoms with Gasteiger partial charge in [0, 0.05) is 40.2 Å². The molecule has 1 aliphatic rings. The number of anilines is 1. The highest BCUT2D eigenvalue weighted by Gasteiger charge is 2.36. The molecule has 1 aliphatic carbocycles. The molecule has 5 N–H and O–H groups in total. The Hall–Kier alpha value is -3.41. The molecule has 0 amide bonds. The van der Waals surface area contributed by atoms with Crippen molar-refractivity contribution in [2.45, 2.75) is 104 Å². The monoisotopic (exact) mass is 672 g/mol. The lowest BCUT2D eigenvalue weighted by molar-refractivity contribution is -0.157. The van der Waals surface area contributed by atoms with Crippen LogP contribution < -0.4 is 10.5 Å². The maximum absolute atomic E-state index is 12.5.